The molecule has 0 heterocycles. The molecule has 1 aromatic carbocycles. The van der Waals surface area contributed by atoms with Gasteiger partial charge in [-0.1, -0.05) is 11.6 Å². The quantitative estimate of drug-likeness (QED) is 0.854. The van der Waals surface area contributed by atoms with E-state index in [0.717, 1.165) is 0 Å². The van der Waals surface area contributed by atoms with Crippen LogP contribution in [0.2, 0.25) is 5.02 Å². The van der Waals surface area contributed by atoms with Gasteiger partial charge in [0.15, 0.2) is 0 Å². The summed E-state index contributed by atoms with van der Waals surface area (Å²) in [5.74, 6) is 0. The molecule has 0 aliphatic carbocycles. The van der Waals surface area contributed by atoms with Crippen LogP contribution in [0.25, 0.3) is 0 Å². The van der Waals surface area contributed by atoms with Crippen molar-refractivity contribution in [1.82, 2.24) is 4.90 Å². The predicted octanol–water partition coefficient (Wildman–Crippen LogP) is 2.18. The Hall–Kier alpha value is -1.26. The fourth-order valence-electron chi connectivity index (χ4n) is 1.23. The van der Waals surface area contributed by atoms with Crippen LogP contribution in [0.15, 0.2) is 24.3 Å². The minimum Gasteiger partial charge on any atom is -0.392 e. The van der Waals surface area contributed by atoms with Crippen molar-refractivity contribution in [2.45, 2.75) is 13.0 Å². The number of nitrogens with zero attached hydrogens (tertiary/aromatic N) is 1. The number of carbonyl (C=O) groups is 1. The Bertz CT molecular complexity index is 352. The molecule has 88 valence electrons. The maximum Gasteiger partial charge on any atom is 0.321 e. The Morgan fingerprint density at radius 2 is 2.06 bits per heavy atom. The zero-order chi connectivity index (χ0) is 12.1. The molecule has 0 bridgehead atoms. The zero-order valence-electron chi connectivity index (χ0n) is 9.27. The van der Waals surface area contributed by atoms with Gasteiger partial charge < -0.3 is 15.3 Å². The summed E-state index contributed by atoms with van der Waals surface area (Å²) in [4.78, 5) is 13.0. The molecule has 0 aromatic heterocycles. The second kappa shape index (κ2) is 5.72. The fraction of sp³-hybridized carbons (Fsp3) is 0.364. The van der Waals surface area contributed by atoms with Gasteiger partial charge in [0.1, 0.15) is 0 Å². The molecular formula is C11H15ClN2O2. The van der Waals surface area contributed by atoms with Gasteiger partial charge in [0.25, 0.3) is 0 Å². The van der Waals surface area contributed by atoms with E-state index >= 15 is 0 Å². The van der Waals surface area contributed by atoms with Crippen LogP contribution in [0.1, 0.15) is 6.92 Å². The first-order valence-electron chi connectivity index (χ1n) is 4.95. The molecule has 0 aliphatic rings. The SMILES string of the molecule is CC(O)CN(C)C(=O)Nc1ccc(Cl)cc1. The minimum absolute atomic E-state index is 0.261. The topological polar surface area (TPSA) is 52.6 Å². The molecule has 0 saturated heterocycles. The number of benzene rings is 1. The van der Waals surface area contributed by atoms with Gasteiger partial charge in [0.2, 0.25) is 0 Å². The molecule has 0 aliphatic heterocycles. The molecule has 2 amide bonds. The number of likely N-dealkylation sites (N-methyl/N-ethyl adjacent to an activating group) is 1. The third-order valence-electron chi connectivity index (χ3n) is 1.98. The van der Waals surface area contributed by atoms with Gasteiger partial charge in [-0.25, -0.2) is 4.79 Å². The van der Waals surface area contributed by atoms with E-state index < -0.39 is 6.10 Å². The Labute approximate surface area is 99.8 Å². The molecule has 0 radical (unpaired) electrons. The molecule has 4 nitrogen and oxygen atoms in total. The Morgan fingerprint density at radius 3 is 2.56 bits per heavy atom. The van der Waals surface area contributed by atoms with Crippen molar-refractivity contribution < 1.29 is 9.90 Å². The van der Waals surface area contributed by atoms with E-state index in [9.17, 15) is 4.79 Å². The predicted molar refractivity (Wildman–Crippen MR) is 64.8 cm³/mol. The number of halogens is 1. The standard InChI is InChI=1S/C11H15ClN2O2/c1-8(15)7-14(2)11(16)13-10-5-3-9(12)4-6-10/h3-6,8,15H,7H2,1-2H3,(H,13,16). The van der Waals surface area contributed by atoms with E-state index in [4.69, 9.17) is 16.7 Å². The minimum atomic E-state index is -0.541. The van der Waals surface area contributed by atoms with E-state index in [1.165, 1.54) is 4.90 Å². The van der Waals surface area contributed by atoms with Crippen molar-refractivity contribution in [2.24, 2.45) is 0 Å². The second-order valence-corrected chi connectivity index (χ2v) is 4.10. The van der Waals surface area contributed by atoms with Crippen LogP contribution >= 0.6 is 11.6 Å². The summed E-state index contributed by atoms with van der Waals surface area (Å²) in [5, 5.41) is 12.4. The summed E-state index contributed by atoms with van der Waals surface area (Å²) in [6, 6.07) is 6.58. The first kappa shape index (κ1) is 12.8. The number of urea groups is 1. The maximum absolute atomic E-state index is 11.6. The van der Waals surface area contributed by atoms with Crippen LogP contribution < -0.4 is 5.32 Å². The van der Waals surface area contributed by atoms with Crippen LogP contribution in [0, 0.1) is 0 Å². The van der Waals surface area contributed by atoms with Crippen molar-refractivity contribution in [3.8, 4) is 0 Å². The Morgan fingerprint density at radius 1 is 1.50 bits per heavy atom. The smallest absolute Gasteiger partial charge is 0.321 e. The highest BCUT2D eigenvalue weighted by atomic mass is 35.5. The average Bonchev–Trinajstić information content (AvgIpc) is 2.20. The van der Waals surface area contributed by atoms with E-state index in [1.807, 2.05) is 0 Å². The lowest BCUT2D eigenvalue weighted by Gasteiger charge is -2.19. The largest absolute Gasteiger partial charge is 0.392 e. The lowest BCUT2D eigenvalue weighted by atomic mass is 10.3. The molecule has 0 saturated carbocycles. The highest BCUT2D eigenvalue weighted by molar-refractivity contribution is 6.30. The maximum atomic E-state index is 11.6. The average molecular weight is 243 g/mol. The summed E-state index contributed by atoms with van der Waals surface area (Å²) in [5.41, 5.74) is 0.673. The van der Waals surface area contributed by atoms with E-state index in [2.05, 4.69) is 5.32 Å². The van der Waals surface area contributed by atoms with Gasteiger partial charge >= 0.3 is 6.03 Å². The van der Waals surface area contributed by atoms with Crippen LogP contribution in [0.5, 0.6) is 0 Å². The number of aliphatic hydroxyl groups is 1. The molecule has 16 heavy (non-hydrogen) atoms. The van der Waals surface area contributed by atoms with Crippen molar-refractivity contribution in [1.29, 1.82) is 0 Å². The van der Waals surface area contributed by atoms with E-state index in [1.54, 1.807) is 38.2 Å². The normalized spacial score (nSPS) is 12.0. The molecule has 1 rings (SSSR count). The third kappa shape index (κ3) is 4.08. The molecule has 0 spiro atoms. The lowest BCUT2D eigenvalue weighted by Crippen LogP contribution is -2.36. The van der Waals surface area contributed by atoms with Gasteiger partial charge in [-0.2, -0.15) is 0 Å². The second-order valence-electron chi connectivity index (χ2n) is 3.67. The number of aliphatic hydroxyl groups excluding tert-OH is 1. The summed E-state index contributed by atoms with van der Waals surface area (Å²) >= 11 is 5.72. The number of anilines is 1. The highest BCUT2D eigenvalue weighted by Crippen LogP contribution is 2.13. The number of amides is 2. The molecular weight excluding hydrogens is 228 g/mol. The lowest BCUT2D eigenvalue weighted by molar-refractivity contribution is 0.149. The molecule has 5 heteroatoms. The van der Waals surface area contributed by atoms with Gasteiger partial charge in [0, 0.05) is 24.3 Å². The van der Waals surface area contributed by atoms with Crippen molar-refractivity contribution >= 4 is 23.3 Å². The van der Waals surface area contributed by atoms with Gasteiger partial charge in [0.05, 0.1) is 6.10 Å². The van der Waals surface area contributed by atoms with Crippen molar-refractivity contribution in [3.05, 3.63) is 29.3 Å². The van der Waals surface area contributed by atoms with Gasteiger partial charge in [-0.3, -0.25) is 0 Å². The third-order valence-corrected chi connectivity index (χ3v) is 2.23. The van der Waals surface area contributed by atoms with Gasteiger partial charge in [-0.15, -0.1) is 0 Å². The number of hydrogen-bond donors (Lipinski definition) is 2. The van der Waals surface area contributed by atoms with Crippen molar-refractivity contribution in [3.63, 3.8) is 0 Å². The molecule has 1 aromatic rings. The monoisotopic (exact) mass is 242 g/mol. The molecule has 1 atom stereocenters. The highest BCUT2D eigenvalue weighted by Gasteiger charge is 2.10. The van der Waals surface area contributed by atoms with Gasteiger partial charge in [-0.05, 0) is 31.2 Å². The van der Waals surface area contributed by atoms with Crippen LogP contribution in [0.4, 0.5) is 10.5 Å². The summed E-state index contributed by atoms with van der Waals surface area (Å²) in [6.45, 7) is 1.92. The Balaban J connectivity index is 2.54. The van der Waals surface area contributed by atoms with Crippen LogP contribution in [0.3, 0.4) is 0 Å². The van der Waals surface area contributed by atoms with Crippen LogP contribution in [-0.4, -0.2) is 35.7 Å². The zero-order valence-corrected chi connectivity index (χ0v) is 10.0. The van der Waals surface area contributed by atoms with Crippen LogP contribution in [-0.2, 0) is 0 Å². The number of hydrogen-bond acceptors (Lipinski definition) is 2. The molecule has 2 N–H and O–H groups in total. The Kier molecular flexibility index (Phi) is 4.58. The van der Waals surface area contributed by atoms with Crippen molar-refractivity contribution in [2.75, 3.05) is 18.9 Å². The number of carbonyl (C=O) groups excluding carboxylic acids is 1. The van der Waals surface area contributed by atoms with E-state index in [-0.39, 0.29) is 6.03 Å². The number of nitrogens with one attached hydrogen (secondary N) is 1. The summed E-state index contributed by atoms with van der Waals surface area (Å²) in [6.07, 6.45) is -0.541. The first-order chi connectivity index (χ1) is 7.49. The number of rotatable bonds is 3. The molecule has 0 fully saturated rings. The van der Waals surface area contributed by atoms with E-state index in [0.29, 0.717) is 17.3 Å². The summed E-state index contributed by atoms with van der Waals surface area (Å²) in [7, 11) is 1.62. The summed E-state index contributed by atoms with van der Waals surface area (Å²) < 4.78 is 0. The fourth-order valence-corrected chi connectivity index (χ4v) is 1.36. The molecule has 1 unspecified atom stereocenters. The first-order valence-corrected chi connectivity index (χ1v) is 5.32.